The summed E-state index contributed by atoms with van der Waals surface area (Å²) < 4.78 is 5.14. The molecule has 2 aromatic rings. The lowest BCUT2D eigenvalue weighted by molar-refractivity contribution is -0.154. The first-order chi connectivity index (χ1) is 17.1. The second kappa shape index (κ2) is 9.74. The van der Waals surface area contributed by atoms with Gasteiger partial charge in [-0.2, -0.15) is 5.01 Å². The monoisotopic (exact) mass is 656 g/mol. The van der Waals surface area contributed by atoms with Crippen LogP contribution < -0.4 is 4.74 Å². The summed E-state index contributed by atoms with van der Waals surface area (Å²) in [6, 6.07) is 10.6. The summed E-state index contributed by atoms with van der Waals surface area (Å²) in [5, 5.41) is 2.22. The van der Waals surface area contributed by atoms with Gasteiger partial charge in [0.2, 0.25) is 0 Å². The van der Waals surface area contributed by atoms with Gasteiger partial charge in [-0.1, -0.05) is 55.1 Å². The number of Topliss-reactive ketones (excluding diaryl/α,β-unsaturated/α-hetero) is 1. The van der Waals surface area contributed by atoms with Crippen molar-refractivity contribution in [3.63, 3.8) is 0 Å². The van der Waals surface area contributed by atoms with E-state index in [-0.39, 0.29) is 37.1 Å². The number of amides is 3. The van der Waals surface area contributed by atoms with Gasteiger partial charge >= 0.3 is 0 Å². The van der Waals surface area contributed by atoms with Crippen molar-refractivity contribution in [1.82, 2.24) is 10.0 Å². The summed E-state index contributed by atoms with van der Waals surface area (Å²) in [5.41, 5.74) is 0.410. The van der Waals surface area contributed by atoms with E-state index in [4.69, 9.17) is 27.9 Å². The maximum absolute atomic E-state index is 13.7. The molecule has 2 saturated carbocycles. The van der Waals surface area contributed by atoms with Crippen LogP contribution in [-0.4, -0.2) is 56.8 Å². The van der Waals surface area contributed by atoms with Crippen molar-refractivity contribution in [2.45, 2.75) is 16.1 Å². The molecule has 2 bridgehead atoms. The molecule has 1 saturated heterocycles. The Morgan fingerprint density at radius 1 is 0.944 bits per heavy atom. The summed E-state index contributed by atoms with van der Waals surface area (Å²) in [5.74, 6) is -2.65. The van der Waals surface area contributed by atoms with E-state index in [1.807, 2.05) is 0 Å². The van der Waals surface area contributed by atoms with Gasteiger partial charge in [0, 0.05) is 20.8 Å². The number of rotatable bonds is 6. The molecule has 2 aromatic carbocycles. The third kappa shape index (κ3) is 4.08. The predicted octanol–water partition coefficient (Wildman–Crippen LogP) is 5.02. The number of carbonyl (C=O) groups is 4. The fraction of sp³-hybridized carbons (Fsp3) is 0.360. The molecular formula is C25H20Br2Cl2N2O5. The first-order valence-electron chi connectivity index (χ1n) is 11.2. The molecular weight excluding hydrogens is 639 g/mol. The molecule has 1 heterocycles. The molecule has 1 aliphatic heterocycles. The molecule has 36 heavy (non-hydrogen) atoms. The fourth-order valence-electron chi connectivity index (χ4n) is 5.59. The van der Waals surface area contributed by atoms with Crippen molar-refractivity contribution >= 4 is 78.6 Å². The maximum atomic E-state index is 13.7. The molecule has 0 radical (unpaired) electrons. The van der Waals surface area contributed by atoms with Crippen LogP contribution in [0.25, 0.3) is 0 Å². The number of carbonyl (C=O) groups excluding carboxylic acids is 4. The number of ketones is 1. The van der Waals surface area contributed by atoms with Crippen LogP contribution >= 0.6 is 55.1 Å². The van der Waals surface area contributed by atoms with E-state index in [0.29, 0.717) is 11.3 Å². The highest BCUT2D eigenvalue weighted by Crippen LogP contribution is 2.60. The number of hydrazine groups is 1. The van der Waals surface area contributed by atoms with Gasteiger partial charge in [-0.05, 0) is 60.7 Å². The molecule has 188 valence electrons. The smallest absolute Gasteiger partial charge is 0.273 e. The second-order valence-electron chi connectivity index (χ2n) is 9.14. The second-order valence-corrected chi connectivity index (χ2v) is 12.1. The van der Waals surface area contributed by atoms with Crippen molar-refractivity contribution in [2.75, 3.05) is 13.7 Å². The van der Waals surface area contributed by atoms with Crippen LogP contribution in [0.3, 0.4) is 0 Å². The molecule has 5 rings (SSSR count). The van der Waals surface area contributed by atoms with Gasteiger partial charge in [-0.3, -0.25) is 19.2 Å². The normalized spacial score (nSPS) is 28.4. The maximum Gasteiger partial charge on any atom is 0.273 e. The highest BCUT2D eigenvalue weighted by atomic mass is 79.9. The van der Waals surface area contributed by atoms with E-state index in [1.54, 1.807) is 24.3 Å². The Bertz CT molecular complexity index is 1240. The van der Waals surface area contributed by atoms with Gasteiger partial charge in [0.1, 0.15) is 12.3 Å². The highest BCUT2D eigenvalue weighted by Gasteiger charge is 2.67. The molecule has 7 nitrogen and oxygen atoms in total. The summed E-state index contributed by atoms with van der Waals surface area (Å²) >= 11 is 19.5. The molecule has 11 heteroatoms. The quantitative estimate of drug-likeness (QED) is 0.247. The van der Waals surface area contributed by atoms with Crippen LogP contribution in [-0.2, 0) is 9.59 Å². The Labute approximate surface area is 234 Å². The van der Waals surface area contributed by atoms with Crippen molar-refractivity contribution in [3.05, 3.63) is 63.6 Å². The SMILES string of the molecule is COc1ccc(C(=O)CN(C(=O)c2ccc(Cl)c(Cl)c2)N2C(=O)[C@@H]3[C@H]4C[C@@H]([C@H](Br)[C@H]4Br)[C@@H]3C2=O)cc1. The van der Waals surface area contributed by atoms with Gasteiger partial charge in [0.05, 0.1) is 29.0 Å². The lowest BCUT2D eigenvalue weighted by atomic mass is 9.81. The van der Waals surface area contributed by atoms with Crippen LogP contribution in [0.1, 0.15) is 27.1 Å². The number of benzene rings is 2. The third-order valence-corrected chi connectivity index (χ3v) is 11.3. The van der Waals surface area contributed by atoms with Crippen LogP contribution in [0, 0.1) is 23.7 Å². The Morgan fingerprint density at radius 3 is 2.03 bits per heavy atom. The topological polar surface area (TPSA) is 84.0 Å². The zero-order chi connectivity index (χ0) is 25.9. The molecule has 2 aliphatic carbocycles. The summed E-state index contributed by atoms with van der Waals surface area (Å²) in [4.78, 5) is 54.3. The number of hydrogen-bond donors (Lipinski definition) is 0. The van der Waals surface area contributed by atoms with Crippen molar-refractivity contribution < 1.29 is 23.9 Å². The molecule has 3 amide bonds. The summed E-state index contributed by atoms with van der Waals surface area (Å²) in [6.45, 7) is -0.507. The predicted molar refractivity (Wildman–Crippen MR) is 141 cm³/mol. The van der Waals surface area contributed by atoms with Crippen molar-refractivity contribution in [1.29, 1.82) is 0 Å². The fourth-order valence-corrected chi connectivity index (χ4v) is 7.76. The van der Waals surface area contributed by atoms with Gasteiger partial charge in [-0.15, -0.1) is 0 Å². The summed E-state index contributed by atoms with van der Waals surface area (Å²) in [6.07, 6.45) is 0.748. The van der Waals surface area contributed by atoms with Gasteiger partial charge < -0.3 is 4.74 Å². The molecule has 3 aliphatic rings. The van der Waals surface area contributed by atoms with Crippen molar-refractivity contribution in [3.8, 4) is 5.75 Å². The number of hydrogen-bond acceptors (Lipinski definition) is 5. The van der Waals surface area contributed by atoms with E-state index in [1.165, 1.54) is 25.3 Å². The lowest BCUT2D eigenvalue weighted by Gasteiger charge is -2.31. The number of imide groups is 1. The Balaban J connectivity index is 1.51. The minimum atomic E-state index is -0.699. The molecule has 0 unspecified atom stereocenters. The first-order valence-corrected chi connectivity index (χ1v) is 13.8. The van der Waals surface area contributed by atoms with E-state index >= 15 is 0 Å². The molecule has 0 N–H and O–H groups in total. The standard InChI is InChI=1S/C25H20Br2Cl2N2O5/c1-36-13-5-2-11(3-6-13)18(32)10-30(23(33)12-4-7-16(28)17(29)8-12)31-24(34)19-14-9-15(20(19)25(31)35)22(27)21(14)26/h2-8,14-15,19-22H,9-10H2,1H3/t14-,15-,19-,20+,21+,22+/m1/s1. The number of nitrogens with zero attached hydrogens (tertiary/aromatic N) is 2. The average molecular weight is 659 g/mol. The number of ether oxygens (including phenoxy) is 1. The Morgan fingerprint density at radius 2 is 1.50 bits per heavy atom. The minimum Gasteiger partial charge on any atom is -0.497 e. The highest BCUT2D eigenvalue weighted by molar-refractivity contribution is 9.12. The van der Waals surface area contributed by atoms with E-state index in [0.717, 1.165) is 16.4 Å². The van der Waals surface area contributed by atoms with Crippen LogP contribution in [0.4, 0.5) is 0 Å². The van der Waals surface area contributed by atoms with Gasteiger partial charge in [0.25, 0.3) is 17.7 Å². The van der Waals surface area contributed by atoms with Crippen molar-refractivity contribution in [2.24, 2.45) is 23.7 Å². The zero-order valence-electron chi connectivity index (χ0n) is 18.9. The Kier molecular flexibility index (Phi) is 6.95. The first kappa shape index (κ1) is 25.7. The summed E-state index contributed by atoms with van der Waals surface area (Å²) in [7, 11) is 1.51. The minimum absolute atomic E-state index is 0.0370. The number of methoxy groups -OCH3 is 1. The van der Waals surface area contributed by atoms with Gasteiger partial charge in [-0.25, -0.2) is 5.01 Å². The van der Waals surface area contributed by atoms with Gasteiger partial charge in [0.15, 0.2) is 5.78 Å². The van der Waals surface area contributed by atoms with Crippen LogP contribution in [0.2, 0.25) is 10.0 Å². The molecule has 3 fully saturated rings. The number of alkyl halides is 2. The third-order valence-electron chi connectivity index (χ3n) is 7.31. The average Bonchev–Trinajstić information content (AvgIpc) is 3.48. The Hall–Kier alpha value is -1.94. The molecule has 0 aromatic heterocycles. The molecule has 0 spiro atoms. The van der Waals surface area contributed by atoms with Crippen LogP contribution in [0.5, 0.6) is 5.75 Å². The largest absolute Gasteiger partial charge is 0.497 e. The molecule has 6 atom stereocenters. The zero-order valence-corrected chi connectivity index (χ0v) is 23.6. The van der Waals surface area contributed by atoms with E-state index < -0.39 is 41.9 Å². The number of halogens is 4. The van der Waals surface area contributed by atoms with E-state index in [2.05, 4.69) is 31.9 Å². The van der Waals surface area contributed by atoms with E-state index in [9.17, 15) is 19.2 Å². The number of fused-ring (bicyclic) bond motifs is 5. The lowest BCUT2D eigenvalue weighted by Crippen LogP contribution is -2.52. The van der Waals surface area contributed by atoms with Crippen LogP contribution in [0.15, 0.2) is 42.5 Å².